The Balaban J connectivity index is 1.56. The lowest BCUT2D eigenvalue weighted by Gasteiger charge is -2.32. The van der Waals surface area contributed by atoms with Gasteiger partial charge in [-0.1, -0.05) is 30.3 Å². The van der Waals surface area contributed by atoms with Gasteiger partial charge in [0.1, 0.15) is 0 Å². The molecule has 4 nitrogen and oxygen atoms in total. The van der Waals surface area contributed by atoms with Crippen molar-refractivity contribution in [1.82, 2.24) is 9.97 Å². The largest absolute Gasteiger partial charge is 0.494 e. The van der Waals surface area contributed by atoms with E-state index in [0.29, 0.717) is 31.7 Å². The highest BCUT2D eigenvalue weighted by molar-refractivity contribution is 14.1. The Bertz CT molecular complexity index is 1160. The predicted octanol–water partition coefficient (Wildman–Crippen LogP) is 5.10. The highest BCUT2D eigenvalue weighted by Crippen LogP contribution is 2.51. The molecule has 0 unspecified atom stereocenters. The van der Waals surface area contributed by atoms with Gasteiger partial charge in [0.05, 0.1) is 23.1 Å². The molecule has 1 saturated heterocycles. The van der Waals surface area contributed by atoms with Crippen molar-refractivity contribution in [3.8, 4) is 22.4 Å². The molecule has 3 aromatic rings. The smallest absolute Gasteiger partial charge is 0.399 e. The molecule has 0 radical (unpaired) electrons. The van der Waals surface area contributed by atoms with Gasteiger partial charge in [-0.05, 0) is 72.9 Å². The van der Waals surface area contributed by atoms with E-state index in [9.17, 15) is 0 Å². The van der Waals surface area contributed by atoms with Gasteiger partial charge in [-0.15, -0.1) is 0 Å². The van der Waals surface area contributed by atoms with Crippen LogP contribution in [0.5, 0.6) is 0 Å². The second-order valence-electron chi connectivity index (χ2n) is 8.82. The number of aromatic nitrogens is 2. The average molecular weight is 520 g/mol. The van der Waals surface area contributed by atoms with E-state index in [1.54, 1.807) is 24.4 Å². The first kappa shape index (κ1) is 20.1. The summed E-state index contributed by atoms with van der Waals surface area (Å²) >= 11 is 2.06. The summed E-state index contributed by atoms with van der Waals surface area (Å²) in [5.74, 6) is -3.10. The number of H-pyrrole nitrogens is 1. The SMILES string of the molecule is CC1(C)OB(c2ccc3c(c2)C(F)(F)c2cc(-c4cnc(I)[nH]4)ccc2-3)OC1(C)C. The zero-order valence-corrected chi connectivity index (χ0v) is 19.2. The normalized spacial score (nSPS) is 20.3. The van der Waals surface area contributed by atoms with Crippen molar-refractivity contribution in [3.05, 3.63) is 57.6 Å². The number of halogens is 3. The Morgan fingerprint density at radius 1 is 0.933 bits per heavy atom. The molecule has 154 valence electrons. The highest BCUT2D eigenvalue weighted by Gasteiger charge is 2.52. The van der Waals surface area contributed by atoms with Crippen molar-refractivity contribution < 1.29 is 18.1 Å². The molecule has 5 rings (SSSR count). The lowest BCUT2D eigenvalue weighted by Crippen LogP contribution is -2.41. The minimum Gasteiger partial charge on any atom is -0.399 e. The van der Waals surface area contributed by atoms with Crippen LogP contribution in [0.3, 0.4) is 0 Å². The Morgan fingerprint density at radius 3 is 2.13 bits per heavy atom. The number of alkyl halides is 2. The first-order valence-corrected chi connectivity index (χ1v) is 10.8. The van der Waals surface area contributed by atoms with Crippen LogP contribution in [-0.4, -0.2) is 28.3 Å². The minimum absolute atomic E-state index is 0.00526. The fourth-order valence-electron chi connectivity index (χ4n) is 3.98. The molecule has 0 spiro atoms. The van der Waals surface area contributed by atoms with Gasteiger partial charge in [0.2, 0.25) is 0 Å². The number of hydrogen-bond acceptors (Lipinski definition) is 3. The first-order chi connectivity index (χ1) is 14.0. The van der Waals surface area contributed by atoms with Gasteiger partial charge >= 0.3 is 7.12 Å². The van der Waals surface area contributed by atoms with Crippen LogP contribution < -0.4 is 5.46 Å². The van der Waals surface area contributed by atoms with Gasteiger partial charge in [-0.3, -0.25) is 0 Å². The summed E-state index contributed by atoms with van der Waals surface area (Å²) in [5, 5.41) is 0. The number of hydrogen-bond donors (Lipinski definition) is 1. The second-order valence-corrected chi connectivity index (χ2v) is 9.84. The molecule has 2 aromatic carbocycles. The summed E-state index contributed by atoms with van der Waals surface area (Å²) in [7, 11) is -0.678. The number of rotatable bonds is 2. The van der Waals surface area contributed by atoms with E-state index in [4.69, 9.17) is 9.31 Å². The molecule has 8 heteroatoms. The van der Waals surface area contributed by atoms with E-state index in [1.165, 1.54) is 6.07 Å². The number of imidazole rings is 1. The molecular formula is C22H20BF2IN2O2. The van der Waals surface area contributed by atoms with Crippen LogP contribution in [0.1, 0.15) is 38.8 Å². The van der Waals surface area contributed by atoms with Crippen molar-refractivity contribution in [2.75, 3.05) is 0 Å². The van der Waals surface area contributed by atoms with Crippen molar-refractivity contribution in [3.63, 3.8) is 0 Å². The van der Waals surface area contributed by atoms with E-state index < -0.39 is 24.2 Å². The topological polar surface area (TPSA) is 47.1 Å². The Morgan fingerprint density at radius 2 is 1.53 bits per heavy atom. The third kappa shape index (κ3) is 2.87. The summed E-state index contributed by atoms with van der Waals surface area (Å²) in [6.07, 6.45) is 1.65. The van der Waals surface area contributed by atoms with E-state index in [0.717, 1.165) is 0 Å². The van der Waals surface area contributed by atoms with Gasteiger partial charge in [0, 0.05) is 16.7 Å². The van der Waals surface area contributed by atoms with Gasteiger partial charge in [0.25, 0.3) is 5.92 Å². The van der Waals surface area contributed by atoms with E-state index in [1.807, 2.05) is 39.8 Å². The van der Waals surface area contributed by atoms with E-state index in [2.05, 4.69) is 32.6 Å². The molecule has 0 saturated carbocycles. The minimum atomic E-state index is -3.10. The maximum absolute atomic E-state index is 15.5. The number of fused-ring (bicyclic) bond motifs is 3. The standard InChI is InChI=1S/C22H20BF2IN2O2/c1-20(2)21(3,4)30-23(29-20)13-6-8-15-14-7-5-12(18-11-27-19(26)28-18)9-16(14)22(24,25)17(15)10-13/h5-11H,1-4H3,(H,27,28). The third-order valence-electron chi connectivity index (χ3n) is 6.41. The molecule has 1 fully saturated rings. The van der Waals surface area contributed by atoms with Gasteiger partial charge < -0.3 is 14.3 Å². The Kier molecular flexibility index (Phi) is 4.28. The average Bonchev–Trinajstić information content (AvgIpc) is 3.27. The molecular weight excluding hydrogens is 500 g/mol. The monoisotopic (exact) mass is 520 g/mol. The van der Waals surface area contributed by atoms with Crippen LogP contribution >= 0.6 is 22.6 Å². The highest BCUT2D eigenvalue weighted by atomic mass is 127. The molecule has 0 amide bonds. The van der Waals surface area contributed by atoms with E-state index in [-0.39, 0.29) is 11.1 Å². The van der Waals surface area contributed by atoms with Gasteiger partial charge in [-0.2, -0.15) is 8.78 Å². The second kappa shape index (κ2) is 6.37. The summed E-state index contributed by atoms with van der Waals surface area (Å²) in [6, 6.07) is 10.2. The molecule has 2 aliphatic rings. The molecule has 1 aliphatic carbocycles. The molecule has 1 N–H and O–H groups in total. The van der Waals surface area contributed by atoms with Crippen LogP contribution in [0.4, 0.5) is 8.78 Å². The Labute approximate surface area is 187 Å². The maximum Gasteiger partial charge on any atom is 0.494 e. The fraction of sp³-hybridized carbons (Fsp3) is 0.318. The molecule has 30 heavy (non-hydrogen) atoms. The van der Waals surface area contributed by atoms with Crippen LogP contribution in [0.15, 0.2) is 42.6 Å². The van der Waals surface area contributed by atoms with Crippen molar-refractivity contribution in [2.24, 2.45) is 0 Å². The van der Waals surface area contributed by atoms with Crippen LogP contribution in [-0.2, 0) is 15.2 Å². The fourth-order valence-corrected chi connectivity index (χ4v) is 4.41. The lowest BCUT2D eigenvalue weighted by molar-refractivity contribution is 0.00578. The van der Waals surface area contributed by atoms with Crippen molar-refractivity contribution in [2.45, 2.75) is 44.8 Å². The number of nitrogens with one attached hydrogen (secondary N) is 1. The molecule has 1 aliphatic heterocycles. The first-order valence-electron chi connectivity index (χ1n) is 9.73. The molecule has 0 bridgehead atoms. The maximum atomic E-state index is 15.5. The zero-order chi connectivity index (χ0) is 21.5. The Hall–Kier alpha value is -1.78. The van der Waals surface area contributed by atoms with Crippen LogP contribution in [0, 0.1) is 3.83 Å². The quantitative estimate of drug-likeness (QED) is 0.378. The van der Waals surface area contributed by atoms with E-state index >= 15 is 8.78 Å². The molecule has 0 atom stereocenters. The summed E-state index contributed by atoms with van der Waals surface area (Å²) in [5.41, 5.74) is 2.02. The van der Waals surface area contributed by atoms with Crippen molar-refractivity contribution >= 4 is 35.2 Å². The number of nitrogens with zero attached hydrogens (tertiary/aromatic N) is 1. The van der Waals surface area contributed by atoms with Gasteiger partial charge in [0.15, 0.2) is 3.83 Å². The summed E-state index contributed by atoms with van der Waals surface area (Å²) in [6.45, 7) is 7.79. The molecule has 1 aromatic heterocycles. The van der Waals surface area contributed by atoms with Crippen molar-refractivity contribution in [1.29, 1.82) is 0 Å². The van der Waals surface area contributed by atoms with Crippen LogP contribution in [0.2, 0.25) is 0 Å². The van der Waals surface area contributed by atoms with Gasteiger partial charge in [-0.25, -0.2) is 4.98 Å². The molecule has 2 heterocycles. The lowest BCUT2D eigenvalue weighted by atomic mass is 9.77. The predicted molar refractivity (Wildman–Crippen MR) is 121 cm³/mol. The zero-order valence-electron chi connectivity index (χ0n) is 17.0. The van der Waals surface area contributed by atoms with Crippen LogP contribution in [0.25, 0.3) is 22.4 Å². The number of aromatic amines is 1. The third-order valence-corrected chi connectivity index (χ3v) is 6.96. The summed E-state index contributed by atoms with van der Waals surface area (Å²) in [4.78, 5) is 7.25. The number of benzene rings is 2. The summed E-state index contributed by atoms with van der Waals surface area (Å²) < 4.78 is 43.8.